The molecule has 9 aromatic carbocycles. The van der Waals surface area contributed by atoms with Crippen molar-refractivity contribution in [1.29, 1.82) is 0 Å². The number of aryl methyl sites for hydroxylation is 1. The van der Waals surface area contributed by atoms with Gasteiger partial charge in [0.25, 0.3) is 0 Å². The average Bonchev–Trinajstić information content (AvgIpc) is 3.90. The van der Waals surface area contributed by atoms with E-state index in [9.17, 15) is 0 Å². The van der Waals surface area contributed by atoms with Crippen LogP contribution in [-0.2, 0) is 6.42 Å². The van der Waals surface area contributed by atoms with Gasteiger partial charge in [0.1, 0.15) is 0 Å². The molecule has 0 saturated carbocycles. The Morgan fingerprint density at radius 2 is 1.16 bits per heavy atom. The summed E-state index contributed by atoms with van der Waals surface area (Å²) in [5, 5.41) is 12.8. The molecule has 0 radical (unpaired) electrons. The van der Waals surface area contributed by atoms with E-state index in [4.69, 9.17) is 11.6 Å². The van der Waals surface area contributed by atoms with Gasteiger partial charge in [-0.15, -0.1) is 0 Å². The van der Waals surface area contributed by atoms with Gasteiger partial charge < -0.3 is 8.97 Å². The van der Waals surface area contributed by atoms with Crippen LogP contribution in [0.2, 0.25) is 0 Å². The lowest BCUT2D eigenvalue weighted by molar-refractivity contribution is 1.12. The zero-order valence-corrected chi connectivity index (χ0v) is 32.1. The van der Waals surface area contributed by atoms with Crippen LogP contribution in [0.4, 0.5) is 5.69 Å². The first-order valence-corrected chi connectivity index (χ1v) is 20.1. The number of benzene rings is 9. The van der Waals surface area contributed by atoms with Crippen molar-refractivity contribution >= 4 is 82.8 Å². The van der Waals surface area contributed by atoms with Crippen molar-refractivity contribution in [3.63, 3.8) is 0 Å². The molecular formula is C55H37N3. The molecule has 0 aliphatic rings. The largest absolute Gasteiger partial charge is 0.309 e. The molecule has 0 bridgehead atoms. The second-order valence-electron chi connectivity index (χ2n) is 15.5. The maximum Gasteiger partial charge on any atom is 0.0965 e. The summed E-state index contributed by atoms with van der Waals surface area (Å²) in [6, 6.07) is 66.4. The minimum absolute atomic E-state index is 0.902. The van der Waals surface area contributed by atoms with E-state index in [1.54, 1.807) is 0 Å². The molecule has 12 rings (SSSR count). The summed E-state index contributed by atoms with van der Waals surface area (Å²) in [5.41, 5.74) is 12.8. The van der Waals surface area contributed by atoms with Crippen LogP contribution >= 0.6 is 0 Å². The van der Waals surface area contributed by atoms with Gasteiger partial charge >= 0.3 is 0 Å². The second kappa shape index (κ2) is 12.5. The Kier molecular flexibility index (Phi) is 7.06. The zero-order chi connectivity index (χ0) is 38.5. The van der Waals surface area contributed by atoms with Gasteiger partial charge in [0.15, 0.2) is 0 Å². The Balaban J connectivity index is 1.29. The predicted molar refractivity (Wildman–Crippen MR) is 246 cm³/mol. The Hall–Kier alpha value is -7.49. The minimum Gasteiger partial charge on any atom is -0.309 e. The van der Waals surface area contributed by atoms with Gasteiger partial charge in [-0.3, -0.25) is 0 Å². The quantitative estimate of drug-likeness (QED) is 0.168. The predicted octanol–water partition coefficient (Wildman–Crippen LogP) is 13.3. The Labute approximate surface area is 335 Å². The average molecular weight is 740 g/mol. The van der Waals surface area contributed by atoms with Crippen molar-refractivity contribution in [3.8, 4) is 27.9 Å². The molecule has 3 aromatic heterocycles. The summed E-state index contributed by atoms with van der Waals surface area (Å²) < 4.78 is 4.86. The lowest BCUT2D eigenvalue weighted by Crippen LogP contribution is -2.24. The molecule has 0 fully saturated rings. The number of para-hydroxylation sites is 1. The normalized spacial score (nSPS) is 12.5. The molecule has 0 atom stereocenters. The number of hydrogen-bond acceptors (Lipinski definition) is 1. The van der Waals surface area contributed by atoms with E-state index in [1.807, 2.05) is 0 Å². The van der Waals surface area contributed by atoms with Crippen molar-refractivity contribution in [1.82, 2.24) is 8.97 Å². The Bertz CT molecular complexity index is 3720. The van der Waals surface area contributed by atoms with Crippen LogP contribution in [0, 0.1) is 0 Å². The molecule has 0 spiro atoms. The Morgan fingerprint density at radius 1 is 0.483 bits per heavy atom. The molecule has 0 saturated heterocycles. The van der Waals surface area contributed by atoms with Crippen molar-refractivity contribution in [2.24, 2.45) is 4.99 Å². The SMILES string of the molecule is C=c1c(=Nc2ccccc2CC)c2cc(-n3c4cc(-c5ccccc5)ccc4c4c5ccccc5c(-c5ccccc5)cc43)cc3c4c5ccccc5ccc4n1c23. The fourth-order valence-electron chi connectivity index (χ4n) is 9.74. The van der Waals surface area contributed by atoms with Gasteiger partial charge in [-0.2, -0.15) is 0 Å². The first kappa shape index (κ1) is 32.7. The molecule has 58 heavy (non-hydrogen) atoms. The van der Waals surface area contributed by atoms with Crippen molar-refractivity contribution in [2.45, 2.75) is 13.3 Å². The maximum absolute atomic E-state index is 5.47. The molecule has 12 aromatic rings. The number of nitrogens with zero attached hydrogens (tertiary/aromatic N) is 3. The molecule has 3 heteroatoms. The van der Waals surface area contributed by atoms with Gasteiger partial charge in [-0.1, -0.05) is 159 Å². The highest BCUT2D eigenvalue weighted by Crippen LogP contribution is 2.44. The second-order valence-corrected chi connectivity index (χ2v) is 15.5. The zero-order valence-electron chi connectivity index (χ0n) is 32.1. The van der Waals surface area contributed by atoms with Crippen molar-refractivity contribution in [2.75, 3.05) is 0 Å². The lowest BCUT2D eigenvalue weighted by Gasteiger charge is -2.13. The first-order valence-electron chi connectivity index (χ1n) is 20.1. The van der Waals surface area contributed by atoms with Gasteiger partial charge in [0.05, 0.1) is 38.5 Å². The van der Waals surface area contributed by atoms with Gasteiger partial charge in [-0.25, -0.2) is 4.99 Å². The lowest BCUT2D eigenvalue weighted by atomic mass is 9.94. The summed E-state index contributed by atoms with van der Waals surface area (Å²) in [6.07, 6.45) is 0.902. The fourth-order valence-corrected chi connectivity index (χ4v) is 9.74. The topological polar surface area (TPSA) is 21.7 Å². The molecule has 0 aliphatic carbocycles. The summed E-state index contributed by atoms with van der Waals surface area (Å²) in [5.74, 6) is 0. The molecule has 3 nitrogen and oxygen atoms in total. The molecular weight excluding hydrogens is 703 g/mol. The Morgan fingerprint density at radius 3 is 1.97 bits per heavy atom. The van der Waals surface area contributed by atoms with Gasteiger partial charge in [0.2, 0.25) is 0 Å². The van der Waals surface area contributed by atoms with E-state index in [0.29, 0.717) is 0 Å². The van der Waals surface area contributed by atoms with Gasteiger partial charge in [0, 0.05) is 32.6 Å². The molecule has 3 heterocycles. The van der Waals surface area contributed by atoms with Crippen LogP contribution in [0.15, 0.2) is 187 Å². The van der Waals surface area contributed by atoms with Crippen LogP contribution < -0.4 is 10.7 Å². The highest BCUT2D eigenvalue weighted by molar-refractivity contribution is 6.26. The summed E-state index contributed by atoms with van der Waals surface area (Å²) in [4.78, 5) is 5.47. The van der Waals surface area contributed by atoms with Crippen LogP contribution in [0.1, 0.15) is 12.5 Å². The van der Waals surface area contributed by atoms with E-state index in [0.717, 1.165) is 44.9 Å². The van der Waals surface area contributed by atoms with Crippen molar-refractivity contribution < 1.29 is 0 Å². The van der Waals surface area contributed by atoms with E-state index < -0.39 is 0 Å². The fraction of sp³-hybridized carbons (Fsp3) is 0.0364. The third-order valence-corrected chi connectivity index (χ3v) is 12.4. The molecule has 0 amide bonds. The highest BCUT2D eigenvalue weighted by Gasteiger charge is 2.23. The third-order valence-electron chi connectivity index (χ3n) is 12.4. The number of hydrogen-bond donors (Lipinski definition) is 0. The van der Waals surface area contributed by atoms with Crippen LogP contribution in [0.3, 0.4) is 0 Å². The minimum atomic E-state index is 0.902. The highest BCUT2D eigenvalue weighted by atomic mass is 15.0. The third kappa shape index (κ3) is 4.65. The van der Waals surface area contributed by atoms with Crippen LogP contribution in [0.25, 0.3) is 105 Å². The summed E-state index contributed by atoms with van der Waals surface area (Å²) in [6.45, 7) is 6.97. The number of rotatable bonds is 5. The molecule has 0 aliphatic heterocycles. The standard InChI is InChI=1S/C55H37N3/c1-3-35-16-11-15-25-48(35)56-54-34(2)57-49-29-27-38-21-10-12-22-41(38)52(49)46-31-40(32-47(54)55(46)57)58-50-30-39(36-17-6-4-7-18-36)26-28-44(50)53-43-24-14-13-23-42(43)45(33-51(53)58)37-19-8-5-9-20-37/h4-33H,2-3H2,1H3. The van der Waals surface area contributed by atoms with E-state index in [1.165, 1.54) is 81.9 Å². The van der Waals surface area contributed by atoms with Crippen LogP contribution in [-0.4, -0.2) is 8.97 Å². The van der Waals surface area contributed by atoms with Gasteiger partial charge in [-0.05, 0) is 92.2 Å². The number of fused-ring (bicyclic) bond motifs is 10. The summed E-state index contributed by atoms with van der Waals surface area (Å²) >= 11 is 0. The molecule has 0 unspecified atom stereocenters. The van der Waals surface area contributed by atoms with E-state index >= 15 is 0 Å². The van der Waals surface area contributed by atoms with Crippen LogP contribution in [0.5, 0.6) is 0 Å². The summed E-state index contributed by atoms with van der Waals surface area (Å²) in [7, 11) is 0. The first-order chi connectivity index (χ1) is 28.7. The van der Waals surface area contributed by atoms with Crippen molar-refractivity contribution in [3.05, 3.63) is 198 Å². The van der Waals surface area contributed by atoms with E-state index in [-0.39, 0.29) is 0 Å². The molecule has 272 valence electrons. The maximum atomic E-state index is 5.47. The molecule has 0 N–H and O–H groups in total. The smallest absolute Gasteiger partial charge is 0.0965 e. The van der Waals surface area contributed by atoms with E-state index in [2.05, 4.69) is 198 Å². The number of aromatic nitrogens is 2. The monoisotopic (exact) mass is 739 g/mol.